The summed E-state index contributed by atoms with van der Waals surface area (Å²) in [5.41, 5.74) is -7.86. The SMILES string of the molecule is CC(C)(O)[C@@H](NS(=O)(=O)C(F)(F)F)[C@H]1CC[C@H]2[C@H](O1)[C@H](O)[C@@]1(C)[C@@H]3CC[C@H]4C(C)(C)[C@@H](O[C@H]5CN(C6COC6)CCO5)CC[C@@]45CC35CC[C@]21C. The van der Waals surface area contributed by atoms with Gasteiger partial charge in [-0.3, -0.25) is 4.90 Å². The molecule has 0 bridgehead atoms. The Morgan fingerprint density at radius 3 is 2.29 bits per heavy atom. The van der Waals surface area contributed by atoms with Crippen molar-refractivity contribution in [3.63, 3.8) is 0 Å². The Balaban J connectivity index is 1.01. The molecule has 0 radical (unpaired) electrons. The maximum Gasteiger partial charge on any atom is 0.511 e. The van der Waals surface area contributed by atoms with Crippen molar-refractivity contribution >= 4 is 10.0 Å². The lowest BCUT2D eigenvalue weighted by Crippen LogP contribution is -2.61. The first-order chi connectivity index (χ1) is 23.6. The van der Waals surface area contributed by atoms with Crippen LogP contribution >= 0.6 is 0 Å². The topological polar surface area (TPSA) is 127 Å². The van der Waals surface area contributed by atoms with E-state index in [1.165, 1.54) is 13.8 Å². The molecule has 8 rings (SSSR count). The predicted octanol–water partition coefficient (Wildman–Crippen LogP) is 4.57. The third-order valence-corrected chi connectivity index (χ3v) is 17.8. The summed E-state index contributed by atoms with van der Waals surface area (Å²) in [6.45, 7) is 15.8. The summed E-state index contributed by atoms with van der Waals surface area (Å²) in [5.74, 6) is 0.732. The third-order valence-electron chi connectivity index (χ3n) is 16.7. The fraction of sp³-hybridized carbons (Fsp3) is 1.00. The number of sulfonamides is 1. The van der Waals surface area contributed by atoms with Gasteiger partial charge in [0.1, 0.15) is 0 Å². The molecule has 0 aromatic heterocycles. The van der Waals surface area contributed by atoms with Crippen LogP contribution in [0.4, 0.5) is 13.2 Å². The molecule has 0 aromatic carbocycles. The van der Waals surface area contributed by atoms with Crippen LogP contribution in [0.15, 0.2) is 0 Å². The summed E-state index contributed by atoms with van der Waals surface area (Å²) in [4.78, 5) is 2.44. The first-order valence-corrected chi connectivity index (χ1v) is 20.8. The van der Waals surface area contributed by atoms with Gasteiger partial charge in [0.2, 0.25) is 0 Å². The highest BCUT2D eigenvalue weighted by Gasteiger charge is 2.84. The number of halogens is 3. The molecule has 3 heterocycles. The van der Waals surface area contributed by atoms with Crippen molar-refractivity contribution in [2.24, 2.45) is 44.8 Å². The normalized spacial score (nSPS) is 49.1. The van der Waals surface area contributed by atoms with Gasteiger partial charge in [0.25, 0.3) is 0 Å². The molecule has 14 heteroatoms. The van der Waals surface area contributed by atoms with Crippen LogP contribution in [-0.2, 0) is 29.0 Å². The molecule has 292 valence electrons. The van der Waals surface area contributed by atoms with Crippen LogP contribution < -0.4 is 4.72 Å². The monoisotopic (exact) mass is 748 g/mol. The summed E-state index contributed by atoms with van der Waals surface area (Å²) >= 11 is 0. The maximum atomic E-state index is 13.4. The van der Waals surface area contributed by atoms with Crippen LogP contribution in [0, 0.1) is 44.8 Å². The Labute approximate surface area is 300 Å². The Morgan fingerprint density at radius 2 is 1.65 bits per heavy atom. The molecule has 5 saturated carbocycles. The Kier molecular flexibility index (Phi) is 8.58. The number of hydrogen-bond acceptors (Lipinski definition) is 9. The summed E-state index contributed by atoms with van der Waals surface area (Å²) in [7, 11) is -5.74. The fourth-order valence-corrected chi connectivity index (χ4v) is 14.8. The number of hydrogen-bond donors (Lipinski definition) is 3. The zero-order chi connectivity index (χ0) is 36.8. The van der Waals surface area contributed by atoms with Gasteiger partial charge in [0, 0.05) is 12.0 Å². The highest BCUT2D eigenvalue weighted by atomic mass is 32.2. The van der Waals surface area contributed by atoms with E-state index in [1.54, 1.807) is 4.72 Å². The maximum absolute atomic E-state index is 13.4. The largest absolute Gasteiger partial charge is 0.511 e. The molecule has 2 spiro atoms. The van der Waals surface area contributed by atoms with Gasteiger partial charge >= 0.3 is 15.5 Å². The number of morpholine rings is 1. The van der Waals surface area contributed by atoms with Gasteiger partial charge in [-0.15, -0.1) is 0 Å². The van der Waals surface area contributed by atoms with E-state index in [0.29, 0.717) is 25.0 Å². The second-order valence-electron chi connectivity index (χ2n) is 19.3. The quantitative estimate of drug-likeness (QED) is 0.343. The van der Waals surface area contributed by atoms with Crippen LogP contribution in [0.3, 0.4) is 0 Å². The van der Waals surface area contributed by atoms with Gasteiger partial charge in [-0.25, -0.2) is 8.42 Å². The summed E-state index contributed by atoms with van der Waals surface area (Å²) < 4.78 is 91.4. The lowest BCUT2D eigenvalue weighted by Gasteiger charge is -2.63. The molecule has 0 aromatic rings. The van der Waals surface area contributed by atoms with Gasteiger partial charge in [-0.1, -0.05) is 27.7 Å². The van der Waals surface area contributed by atoms with E-state index in [1.807, 2.05) is 0 Å². The van der Waals surface area contributed by atoms with Crippen LogP contribution in [0.1, 0.15) is 99.3 Å². The van der Waals surface area contributed by atoms with E-state index in [2.05, 4.69) is 32.6 Å². The summed E-state index contributed by atoms with van der Waals surface area (Å²) in [6, 6.07) is -1.08. The highest BCUT2D eigenvalue weighted by molar-refractivity contribution is 7.90. The number of fused-ring (bicyclic) bond motifs is 4. The van der Waals surface area contributed by atoms with E-state index in [0.717, 1.165) is 71.2 Å². The van der Waals surface area contributed by atoms with Crippen molar-refractivity contribution in [1.29, 1.82) is 0 Å². The molecule has 8 aliphatic rings. The average molecular weight is 749 g/mol. The minimum Gasteiger partial charge on any atom is -0.390 e. The van der Waals surface area contributed by atoms with Gasteiger partial charge < -0.3 is 29.2 Å². The van der Waals surface area contributed by atoms with Crippen LogP contribution in [0.2, 0.25) is 0 Å². The van der Waals surface area contributed by atoms with E-state index in [9.17, 15) is 31.8 Å². The zero-order valence-electron chi connectivity index (χ0n) is 31.0. The number of nitrogens with one attached hydrogen (secondary N) is 1. The van der Waals surface area contributed by atoms with Crippen molar-refractivity contribution in [1.82, 2.24) is 9.62 Å². The first-order valence-electron chi connectivity index (χ1n) is 19.4. The molecule has 1 unspecified atom stereocenters. The molecule has 10 nitrogen and oxygen atoms in total. The van der Waals surface area contributed by atoms with E-state index < -0.39 is 50.9 Å². The minimum absolute atomic E-state index is 0.0256. The molecule has 51 heavy (non-hydrogen) atoms. The van der Waals surface area contributed by atoms with Crippen LogP contribution in [0.5, 0.6) is 0 Å². The van der Waals surface area contributed by atoms with Crippen molar-refractivity contribution in [2.75, 3.05) is 32.9 Å². The van der Waals surface area contributed by atoms with Gasteiger partial charge in [-0.2, -0.15) is 17.9 Å². The molecule has 8 fully saturated rings. The fourth-order valence-electron chi connectivity index (χ4n) is 13.8. The van der Waals surface area contributed by atoms with Crippen molar-refractivity contribution in [3.8, 4) is 0 Å². The summed E-state index contributed by atoms with van der Waals surface area (Å²) in [5, 5.41) is 23.3. The average Bonchev–Trinajstić information content (AvgIpc) is 3.65. The molecule has 13 atom stereocenters. The molecular weight excluding hydrogens is 689 g/mol. The zero-order valence-corrected chi connectivity index (χ0v) is 31.8. The Bertz CT molecular complexity index is 1490. The molecule has 0 amide bonds. The number of nitrogens with zero attached hydrogens (tertiary/aromatic N) is 1. The molecule has 3 N–H and O–H groups in total. The summed E-state index contributed by atoms with van der Waals surface area (Å²) in [6.07, 6.45) is 5.44. The smallest absolute Gasteiger partial charge is 0.390 e. The van der Waals surface area contributed by atoms with Gasteiger partial charge in [0.05, 0.1) is 68.5 Å². The predicted molar refractivity (Wildman–Crippen MR) is 181 cm³/mol. The van der Waals surface area contributed by atoms with Crippen LogP contribution in [0.25, 0.3) is 0 Å². The second kappa shape index (κ2) is 11.7. The molecule has 5 aliphatic carbocycles. The molecule has 3 aliphatic heterocycles. The number of alkyl halides is 3. The van der Waals surface area contributed by atoms with Crippen LogP contribution in [-0.4, -0.2) is 110 Å². The Morgan fingerprint density at radius 1 is 0.961 bits per heavy atom. The van der Waals surface area contributed by atoms with E-state index >= 15 is 0 Å². The number of aliphatic hydroxyl groups excluding tert-OH is 1. The van der Waals surface area contributed by atoms with Crippen molar-refractivity contribution in [3.05, 3.63) is 0 Å². The number of ether oxygens (including phenoxy) is 4. The second-order valence-corrected chi connectivity index (χ2v) is 21.0. The van der Waals surface area contributed by atoms with Crippen molar-refractivity contribution in [2.45, 2.75) is 153 Å². The first kappa shape index (κ1) is 37.3. The van der Waals surface area contributed by atoms with E-state index in [-0.39, 0.29) is 52.3 Å². The third kappa shape index (κ3) is 5.18. The van der Waals surface area contributed by atoms with Crippen molar-refractivity contribution < 1.29 is 50.7 Å². The lowest BCUT2D eigenvalue weighted by atomic mass is 9.41. The molecule has 3 saturated heterocycles. The standard InChI is InChI=1S/C37H59F3N2O8S/c1-31(2)24-9-10-25-34(6)30(43)28-22(7-8-23(49-28)29(32(3,4)44)41-51(45,46)37(38,39)40)33(34,5)13-14-36(25)20-35(24,36)12-11-26(31)50-27-17-42(15-16-48-27)21-18-47-19-21/h21-30,41,43-44H,7-20H2,1-6H3/t22-,23+,24-,25-,26-,27-,28-,29-,30-,33+,34+,35+,36?/m0/s1. The van der Waals surface area contributed by atoms with E-state index in [4.69, 9.17) is 18.9 Å². The molecular formula is C37H59F3N2O8S. The Hall–Kier alpha value is -0.580. The van der Waals surface area contributed by atoms with Gasteiger partial charge in [0.15, 0.2) is 6.29 Å². The number of aliphatic hydroxyl groups is 2. The van der Waals surface area contributed by atoms with Gasteiger partial charge in [-0.05, 0) is 111 Å². The number of rotatable bonds is 7. The highest BCUT2D eigenvalue weighted by Crippen LogP contribution is 2.89. The minimum atomic E-state index is -5.74. The lowest BCUT2D eigenvalue weighted by molar-refractivity contribution is -0.256.